The summed E-state index contributed by atoms with van der Waals surface area (Å²) >= 11 is 0. The molecule has 0 amide bonds. The summed E-state index contributed by atoms with van der Waals surface area (Å²) in [4.78, 5) is 4.68. The minimum Gasteiger partial charge on any atom is -0.344 e. The van der Waals surface area contributed by atoms with Gasteiger partial charge in [-0.2, -0.15) is 0 Å². The van der Waals surface area contributed by atoms with Gasteiger partial charge >= 0.3 is 0 Å². The number of imidazole rings is 1. The van der Waals surface area contributed by atoms with Crippen LogP contribution in [0.2, 0.25) is 0 Å². The summed E-state index contributed by atoms with van der Waals surface area (Å²) in [5, 5.41) is 0. The SMILES string of the molecule is CCCc1nc2ccccc2n1CCC.N. The molecule has 0 spiro atoms. The number of fused-ring (bicyclic) bond motifs is 1. The average molecular weight is 219 g/mol. The summed E-state index contributed by atoms with van der Waals surface area (Å²) in [6.07, 6.45) is 3.40. The van der Waals surface area contributed by atoms with E-state index in [1.54, 1.807) is 0 Å². The van der Waals surface area contributed by atoms with E-state index in [0.717, 1.165) is 31.3 Å². The lowest BCUT2D eigenvalue weighted by Crippen LogP contribution is -2.02. The molecule has 0 radical (unpaired) electrons. The Balaban J connectivity index is 0.00000128. The second kappa shape index (κ2) is 5.66. The van der Waals surface area contributed by atoms with Crippen molar-refractivity contribution in [3.8, 4) is 0 Å². The van der Waals surface area contributed by atoms with Crippen molar-refractivity contribution in [2.45, 2.75) is 39.7 Å². The second-order valence-electron chi connectivity index (χ2n) is 3.92. The van der Waals surface area contributed by atoms with Gasteiger partial charge in [-0.1, -0.05) is 26.0 Å². The number of aromatic nitrogens is 2. The molecule has 1 aromatic heterocycles. The monoisotopic (exact) mass is 219 g/mol. The van der Waals surface area contributed by atoms with Gasteiger partial charge in [0.2, 0.25) is 0 Å². The third-order valence-corrected chi connectivity index (χ3v) is 2.65. The smallest absolute Gasteiger partial charge is 0.109 e. The van der Waals surface area contributed by atoms with Crippen molar-refractivity contribution in [1.29, 1.82) is 0 Å². The van der Waals surface area contributed by atoms with Gasteiger partial charge in [-0.15, -0.1) is 0 Å². The number of benzene rings is 1. The van der Waals surface area contributed by atoms with Gasteiger partial charge in [-0.25, -0.2) is 4.98 Å². The van der Waals surface area contributed by atoms with Crippen LogP contribution in [-0.4, -0.2) is 9.55 Å². The van der Waals surface area contributed by atoms with Crippen molar-refractivity contribution in [2.75, 3.05) is 0 Å². The first-order valence-corrected chi connectivity index (χ1v) is 5.81. The molecule has 1 aromatic carbocycles. The van der Waals surface area contributed by atoms with Crippen LogP contribution in [0.1, 0.15) is 32.5 Å². The summed E-state index contributed by atoms with van der Waals surface area (Å²) in [5.74, 6) is 1.24. The van der Waals surface area contributed by atoms with Gasteiger partial charge < -0.3 is 10.7 Å². The predicted octanol–water partition coefficient (Wildman–Crippen LogP) is 3.56. The molecule has 2 aromatic rings. The molecule has 0 atom stereocenters. The molecule has 0 fully saturated rings. The van der Waals surface area contributed by atoms with E-state index in [1.165, 1.54) is 11.3 Å². The zero-order chi connectivity index (χ0) is 10.7. The Morgan fingerprint density at radius 1 is 1.12 bits per heavy atom. The lowest BCUT2D eigenvalue weighted by Gasteiger charge is -2.06. The van der Waals surface area contributed by atoms with E-state index in [0.29, 0.717) is 0 Å². The zero-order valence-corrected chi connectivity index (χ0v) is 10.2. The minimum absolute atomic E-state index is 0. The van der Waals surface area contributed by atoms with Crippen LogP contribution in [-0.2, 0) is 13.0 Å². The van der Waals surface area contributed by atoms with Gasteiger partial charge in [0.05, 0.1) is 11.0 Å². The molecule has 0 aliphatic carbocycles. The highest BCUT2D eigenvalue weighted by Crippen LogP contribution is 2.17. The third kappa shape index (κ3) is 2.25. The Morgan fingerprint density at radius 3 is 2.56 bits per heavy atom. The molecule has 0 saturated carbocycles. The van der Waals surface area contributed by atoms with Crippen molar-refractivity contribution >= 4 is 11.0 Å². The summed E-state index contributed by atoms with van der Waals surface area (Å²) < 4.78 is 2.36. The first-order valence-electron chi connectivity index (χ1n) is 5.81. The number of para-hydroxylation sites is 2. The van der Waals surface area contributed by atoms with Crippen molar-refractivity contribution < 1.29 is 0 Å². The fourth-order valence-corrected chi connectivity index (χ4v) is 2.01. The Morgan fingerprint density at radius 2 is 1.88 bits per heavy atom. The lowest BCUT2D eigenvalue weighted by atomic mass is 10.3. The topological polar surface area (TPSA) is 52.8 Å². The zero-order valence-electron chi connectivity index (χ0n) is 10.2. The first kappa shape index (κ1) is 12.7. The van der Waals surface area contributed by atoms with Crippen LogP contribution >= 0.6 is 0 Å². The van der Waals surface area contributed by atoms with Gasteiger partial charge in [-0.3, -0.25) is 0 Å². The van der Waals surface area contributed by atoms with Crippen LogP contribution in [0.25, 0.3) is 11.0 Å². The normalized spacial score (nSPS) is 10.4. The van der Waals surface area contributed by atoms with E-state index >= 15 is 0 Å². The van der Waals surface area contributed by atoms with Crippen molar-refractivity contribution in [3.05, 3.63) is 30.1 Å². The maximum absolute atomic E-state index is 4.68. The largest absolute Gasteiger partial charge is 0.344 e. The van der Waals surface area contributed by atoms with Gasteiger partial charge in [0.15, 0.2) is 0 Å². The highest BCUT2D eigenvalue weighted by atomic mass is 15.1. The van der Waals surface area contributed by atoms with Gasteiger partial charge in [0.1, 0.15) is 5.82 Å². The van der Waals surface area contributed by atoms with Crippen LogP contribution in [0.5, 0.6) is 0 Å². The lowest BCUT2D eigenvalue weighted by molar-refractivity contribution is 0.646. The average Bonchev–Trinajstić information content (AvgIpc) is 2.59. The van der Waals surface area contributed by atoms with E-state index in [-0.39, 0.29) is 6.15 Å². The summed E-state index contributed by atoms with van der Waals surface area (Å²) in [5.41, 5.74) is 2.41. The summed E-state index contributed by atoms with van der Waals surface area (Å²) in [6, 6.07) is 8.41. The van der Waals surface area contributed by atoms with E-state index in [9.17, 15) is 0 Å². The van der Waals surface area contributed by atoms with E-state index in [4.69, 9.17) is 0 Å². The Bertz CT molecular complexity index is 445. The maximum Gasteiger partial charge on any atom is 0.109 e. The molecule has 0 aliphatic heterocycles. The van der Waals surface area contributed by atoms with Crippen LogP contribution in [0.15, 0.2) is 24.3 Å². The van der Waals surface area contributed by atoms with E-state index < -0.39 is 0 Å². The molecular weight excluding hydrogens is 198 g/mol. The Hall–Kier alpha value is -1.35. The minimum atomic E-state index is 0. The van der Waals surface area contributed by atoms with Gasteiger partial charge in [-0.05, 0) is 25.0 Å². The van der Waals surface area contributed by atoms with Crippen LogP contribution in [0.4, 0.5) is 0 Å². The maximum atomic E-state index is 4.68. The highest BCUT2D eigenvalue weighted by molar-refractivity contribution is 5.75. The fraction of sp³-hybridized carbons (Fsp3) is 0.462. The molecular formula is C13H21N3. The molecule has 3 heteroatoms. The van der Waals surface area contributed by atoms with Crippen molar-refractivity contribution in [2.24, 2.45) is 0 Å². The quantitative estimate of drug-likeness (QED) is 0.854. The van der Waals surface area contributed by atoms with Gasteiger partial charge in [0.25, 0.3) is 0 Å². The van der Waals surface area contributed by atoms with Crippen LogP contribution < -0.4 is 6.15 Å². The summed E-state index contributed by atoms with van der Waals surface area (Å²) in [6.45, 7) is 5.50. The summed E-state index contributed by atoms with van der Waals surface area (Å²) in [7, 11) is 0. The van der Waals surface area contributed by atoms with Crippen LogP contribution in [0.3, 0.4) is 0 Å². The highest BCUT2D eigenvalue weighted by Gasteiger charge is 2.07. The fourth-order valence-electron chi connectivity index (χ4n) is 2.01. The van der Waals surface area contributed by atoms with Crippen LogP contribution in [0, 0.1) is 0 Å². The molecule has 3 nitrogen and oxygen atoms in total. The second-order valence-corrected chi connectivity index (χ2v) is 3.92. The molecule has 2 rings (SSSR count). The molecule has 0 unspecified atom stereocenters. The van der Waals surface area contributed by atoms with Crippen molar-refractivity contribution in [3.63, 3.8) is 0 Å². The molecule has 0 bridgehead atoms. The molecule has 0 saturated heterocycles. The number of nitrogens with zero attached hydrogens (tertiary/aromatic N) is 2. The van der Waals surface area contributed by atoms with E-state index in [2.05, 4.69) is 47.7 Å². The molecule has 88 valence electrons. The molecule has 1 heterocycles. The van der Waals surface area contributed by atoms with Crippen molar-refractivity contribution in [1.82, 2.24) is 15.7 Å². The number of hydrogen-bond acceptors (Lipinski definition) is 2. The predicted molar refractivity (Wildman–Crippen MR) is 69.0 cm³/mol. The number of hydrogen-bond donors (Lipinski definition) is 1. The first-order chi connectivity index (χ1) is 7.36. The molecule has 0 aliphatic rings. The molecule has 3 N–H and O–H groups in total. The Kier molecular flexibility index (Phi) is 4.50. The van der Waals surface area contributed by atoms with E-state index in [1.807, 2.05) is 0 Å². The molecule has 16 heavy (non-hydrogen) atoms. The number of rotatable bonds is 4. The standard InChI is InChI=1S/C13H18N2.H3N/c1-3-7-13-14-11-8-5-6-9-12(11)15(13)10-4-2;/h5-6,8-9H,3-4,7,10H2,1-2H3;1H3. The Labute approximate surface area is 97.1 Å². The number of aryl methyl sites for hydroxylation is 2. The third-order valence-electron chi connectivity index (χ3n) is 2.65. The van der Waals surface area contributed by atoms with Gasteiger partial charge in [0, 0.05) is 13.0 Å².